The van der Waals surface area contributed by atoms with E-state index in [1.807, 2.05) is 6.07 Å². The minimum atomic E-state index is -0.227. The van der Waals surface area contributed by atoms with Crippen molar-refractivity contribution in [1.29, 1.82) is 0 Å². The average Bonchev–Trinajstić information content (AvgIpc) is 2.91. The van der Waals surface area contributed by atoms with E-state index in [9.17, 15) is 14.3 Å². The van der Waals surface area contributed by atoms with E-state index >= 15 is 0 Å². The van der Waals surface area contributed by atoms with Crippen molar-refractivity contribution in [2.75, 3.05) is 13.2 Å². The Morgan fingerprint density at radius 3 is 3.00 bits per heavy atom. The number of rotatable bonds is 6. The lowest BCUT2D eigenvalue weighted by Crippen LogP contribution is -2.44. The Labute approximate surface area is 124 Å². The van der Waals surface area contributed by atoms with E-state index < -0.39 is 0 Å². The first-order valence-corrected chi connectivity index (χ1v) is 7.58. The number of carbonyl (C=O) groups excluding carboxylic acids is 1. The Hall–Kier alpha value is -1.62. The molecule has 1 fully saturated rings. The SMILES string of the molecule is O=C(NCCCc1cccc(F)c1)N[C@@H]1CCC[C@@H]1CO. The second-order valence-electron chi connectivity index (χ2n) is 5.61. The first-order chi connectivity index (χ1) is 10.2. The number of nitrogens with one attached hydrogen (secondary N) is 2. The second kappa shape index (κ2) is 7.98. The summed E-state index contributed by atoms with van der Waals surface area (Å²) in [6.45, 7) is 0.684. The van der Waals surface area contributed by atoms with Gasteiger partial charge in [0.1, 0.15) is 5.82 Å². The van der Waals surface area contributed by atoms with Crippen LogP contribution in [0.2, 0.25) is 0 Å². The molecule has 0 unspecified atom stereocenters. The third kappa shape index (κ3) is 5.01. The summed E-state index contributed by atoms with van der Waals surface area (Å²) in [5, 5.41) is 14.9. The monoisotopic (exact) mass is 294 g/mol. The van der Waals surface area contributed by atoms with Crippen molar-refractivity contribution < 1.29 is 14.3 Å². The van der Waals surface area contributed by atoms with Crippen molar-refractivity contribution in [3.8, 4) is 0 Å². The molecule has 4 nitrogen and oxygen atoms in total. The minimum Gasteiger partial charge on any atom is -0.396 e. The predicted molar refractivity (Wildman–Crippen MR) is 79.5 cm³/mol. The predicted octanol–water partition coefficient (Wildman–Crippen LogP) is 2.22. The van der Waals surface area contributed by atoms with Gasteiger partial charge < -0.3 is 15.7 Å². The highest BCUT2D eigenvalue weighted by molar-refractivity contribution is 5.74. The van der Waals surface area contributed by atoms with Gasteiger partial charge in [0.25, 0.3) is 0 Å². The van der Waals surface area contributed by atoms with Crippen molar-refractivity contribution in [1.82, 2.24) is 10.6 Å². The molecule has 1 aliphatic carbocycles. The molecule has 2 amide bonds. The summed E-state index contributed by atoms with van der Waals surface area (Å²) < 4.78 is 13.0. The molecule has 116 valence electrons. The van der Waals surface area contributed by atoms with Crippen LogP contribution < -0.4 is 10.6 Å². The first-order valence-electron chi connectivity index (χ1n) is 7.58. The zero-order valence-corrected chi connectivity index (χ0v) is 12.1. The number of aliphatic hydroxyl groups excluding tert-OH is 1. The maximum atomic E-state index is 13.0. The third-order valence-electron chi connectivity index (χ3n) is 4.03. The molecule has 1 aliphatic rings. The Bertz CT molecular complexity index is 467. The number of aliphatic hydroxyl groups is 1. The van der Waals surface area contributed by atoms with Crippen molar-refractivity contribution >= 4 is 6.03 Å². The fraction of sp³-hybridized carbons (Fsp3) is 0.562. The fourth-order valence-electron chi connectivity index (χ4n) is 2.85. The molecule has 1 saturated carbocycles. The van der Waals surface area contributed by atoms with E-state index in [1.165, 1.54) is 12.1 Å². The van der Waals surface area contributed by atoms with Gasteiger partial charge in [-0.1, -0.05) is 18.6 Å². The summed E-state index contributed by atoms with van der Waals surface area (Å²) in [6.07, 6.45) is 4.46. The number of amides is 2. The van der Waals surface area contributed by atoms with Gasteiger partial charge >= 0.3 is 6.03 Å². The highest BCUT2D eigenvalue weighted by atomic mass is 19.1. The summed E-state index contributed by atoms with van der Waals surface area (Å²) in [7, 11) is 0. The molecule has 0 bridgehead atoms. The lowest BCUT2D eigenvalue weighted by Gasteiger charge is -2.19. The lowest BCUT2D eigenvalue weighted by molar-refractivity contribution is 0.199. The van der Waals surface area contributed by atoms with Crippen LogP contribution in [-0.2, 0) is 6.42 Å². The van der Waals surface area contributed by atoms with Crippen LogP contribution >= 0.6 is 0 Å². The topological polar surface area (TPSA) is 61.4 Å². The van der Waals surface area contributed by atoms with Crippen LogP contribution in [0.3, 0.4) is 0 Å². The fourth-order valence-corrected chi connectivity index (χ4v) is 2.85. The number of benzene rings is 1. The van der Waals surface area contributed by atoms with Gasteiger partial charge in [0.2, 0.25) is 0 Å². The molecule has 0 saturated heterocycles. The van der Waals surface area contributed by atoms with Crippen LogP contribution in [-0.4, -0.2) is 30.3 Å². The molecule has 0 radical (unpaired) electrons. The maximum Gasteiger partial charge on any atom is 0.315 e. The van der Waals surface area contributed by atoms with E-state index in [4.69, 9.17) is 0 Å². The standard InChI is InChI=1S/C16H23FN2O2/c17-14-7-1-4-12(10-14)5-3-9-18-16(21)19-15-8-2-6-13(15)11-20/h1,4,7,10,13,15,20H,2-3,5-6,8-9,11H2,(H2,18,19,21)/t13-,15-/m1/s1. The zero-order valence-electron chi connectivity index (χ0n) is 12.1. The molecule has 0 aromatic heterocycles. The first kappa shape index (κ1) is 15.8. The minimum absolute atomic E-state index is 0.0817. The summed E-state index contributed by atoms with van der Waals surface area (Å²) in [5.41, 5.74) is 0.938. The van der Waals surface area contributed by atoms with Crippen molar-refractivity contribution in [2.24, 2.45) is 5.92 Å². The quantitative estimate of drug-likeness (QED) is 0.705. The number of carbonyl (C=O) groups is 1. The van der Waals surface area contributed by atoms with Crippen LogP contribution in [0, 0.1) is 11.7 Å². The Balaban J connectivity index is 1.63. The highest BCUT2D eigenvalue weighted by Crippen LogP contribution is 2.24. The summed E-state index contributed by atoms with van der Waals surface area (Å²) in [4.78, 5) is 11.8. The molecule has 1 aromatic carbocycles. The number of aryl methyl sites for hydroxylation is 1. The van der Waals surface area contributed by atoms with Crippen LogP contribution in [0.1, 0.15) is 31.2 Å². The maximum absolute atomic E-state index is 13.0. The smallest absolute Gasteiger partial charge is 0.315 e. The molecule has 0 aliphatic heterocycles. The van der Waals surface area contributed by atoms with Gasteiger partial charge in [0.15, 0.2) is 0 Å². The number of hydrogen-bond donors (Lipinski definition) is 3. The molecule has 1 aromatic rings. The van der Waals surface area contributed by atoms with E-state index in [1.54, 1.807) is 6.07 Å². The van der Waals surface area contributed by atoms with Gasteiger partial charge in [-0.3, -0.25) is 0 Å². The number of halogens is 1. The number of hydrogen-bond acceptors (Lipinski definition) is 2. The molecular weight excluding hydrogens is 271 g/mol. The summed E-state index contributed by atoms with van der Waals surface area (Å²) >= 11 is 0. The average molecular weight is 294 g/mol. The largest absolute Gasteiger partial charge is 0.396 e. The van der Waals surface area contributed by atoms with Gasteiger partial charge in [-0.2, -0.15) is 0 Å². The van der Waals surface area contributed by atoms with Gasteiger partial charge in [-0.15, -0.1) is 0 Å². The van der Waals surface area contributed by atoms with Crippen molar-refractivity contribution in [3.05, 3.63) is 35.6 Å². The summed E-state index contributed by atoms with van der Waals surface area (Å²) in [6, 6.07) is 6.42. The van der Waals surface area contributed by atoms with E-state index in [2.05, 4.69) is 10.6 Å². The molecule has 5 heteroatoms. The van der Waals surface area contributed by atoms with Gasteiger partial charge in [-0.05, 0) is 43.4 Å². The number of urea groups is 1. The Morgan fingerprint density at radius 2 is 2.24 bits per heavy atom. The van der Waals surface area contributed by atoms with Crippen LogP contribution in [0.4, 0.5) is 9.18 Å². The molecule has 0 heterocycles. The van der Waals surface area contributed by atoms with Gasteiger partial charge in [0.05, 0.1) is 0 Å². The lowest BCUT2D eigenvalue weighted by atomic mass is 10.1. The molecule has 2 atom stereocenters. The normalized spacial score (nSPS) is 21.2. The van der Waals surface area contributed by atoms with Crippen LogP contribution in [0.15, 0.2) is 24.3 Å². The van der Waals surface area contributed by atoms with Crippen LogP contribution in [0.25, 0.3) is 0 Å². The Kier molecular flexibility index (Phi) is 5.99. The second-order valence-corrected chi connectivity index (χ2v) is 5.61. The third-order valence-corrected chi connectivity index (χ3v) is 4.03. The van der Waals surface area contributed by atoms with E-state index in [0.29, 0.717) is 6.54 Å². The van der Waals surface area contributed by atoms with E-state index in [-0.39, 0.29) is 30.4 Å². The van der Waals surface area contributed by atoms with Crippen molar-refractivity contribution in [3.63, 3.8) is 0 Å². The molecule has 21 heavy (non-hydrogen) atoms. The highest BCUT2D eigenvalue weighted by Gasteiger charge is 2.27. The molecule has 0 spiro atoms. The molecule has 3 N–H and O–H groups in total. The Morgan fingerprint density at radius 1 is 1.38 bits per heavy atom. The summed E-state index contributed by atoms with van der Waals surface area (Å²) in [5.74, 6) is -0.0440. The zero-order chi connectivity index (χ0) is 15.1. The van der Waals surface area contributed by atoms with Crippen molar-refractivity contribution in [2.45, 2.75) is 38.1 Å². The molecule has 2 rings (SSSR count). The molecular formula is C16H23FN2O2. The van der Waals surface area contributed by atoms with E-state index in [0.717, 1.165) is 37.7 Å². The van der Waals surface area contributed by atoms with Gasteiger partial charge in [-0.25, -0.2) is 9.18 Å². The van der Waals surface area contributed by atoms with Gasteiger partial charge in [0, 0.05) is 25.1 Å². The van der Waals surface area contributed by atoms with Crippen LogP contribution in [0.5, 0.6) is 0 Å².